The SMILES string of the molecule is O=S(=O)(Nc1cccnc1)C1CCNCC1. The summed E-state index contributed by atoms with van der Waals surface area (Å²) in [4.78, 5) is 3.87. The highest BCUT2D eigenvalue weighted by Crippen LogP contribution is 2.16. The zero-order chi connectivity index (χ0) is 11.4. The summed E-state index contributed by atoms with van der Waals surface area (Å²) in [6.45, 7) is 1.53. The Morgan fingerprint density at radius 1 is 1.38 bits per heavy atom. The van der Waals surface area contributed by atoms with Gasteiger partial charge < -0.3 is 5.32 Å². The van der Waals surface area contributed by atoms with Crippen LogP contribution in [0, 0.1) is 0 Å². The van der Waals surface area contributed by atoms with E-state index in [0.29, 0.717) is 18.5 Å². The molecule has 2 rings (SSSR count). The van der Waals surface area contributed by atoms with Crippen molar-refractivity contribution in [1.82, 2.24) is 10.3 Å². The van der Waals surface area contributed by atoms with Gasteiger partial charge in [0, 0.05) is 6.20 Å². The molecule has 5 nitrogen and oxygen atoms in total. The smallest absolute Gasteiger partial charge is 0.235 e. The summed E-state index contributed by atoms with van der Waals surface area (Å²) in [6, 6.07) is 3.41. The molecule has 1 aliphatic heterocycles. The Balaban J connectivity index is 2.08. The minimum absolute atomic E-state index is 0.297. The molecule has 1 aromatic rings. The molecule has 0 bridgehead atoms. The Hall–Kier alpha value is -1.14. The van der Waals surface area contributed by atoms with Crippen LogP contribution in [0.4, 0.5) is 5.69 Å². The normalized spacial score (nSPS) is 18.2. The predicted octanol–water partition coefficient (Wildman–Crippen LogP) is 0.575. The van der Waals surface area contributed by atoms with Crippen molar-refractivity contribution >= 4 is 15.7 Å². The van der Waals surface area contributed by atoms with E-state index >= 15 is 0 Å². The first kappa shape index (κ1) is 11.3. The van der Waals surface area contributed by atoms with Crippen molar-refractivity contribution in [1.29, 1.82) is 0 Å². The summed E-state index contributed by atoms with van der Waals surface area (Å²) in [5, 5.41) is 2.85. The number of aromatic nitrogens is 1. The van der Waals surface area contributed by atoms with Crippen LogP contribution in [0.1, 0.15) is 12.8 Å². The molecule has 0 aromatic carbocycles. The highest BCUT2D eigenvalue weighted by atomic mass is 32.2. The van der Waals surface area contributed by atoms with Crippen LogP contribution in [0.25, 0.3) is 0 Å². The molecular formula is C10H15N3O2S. The van der Waals surface area contributed by atoms with Gasteiger partial charge in [-0.2, -0.15) is 0 Å². The van der Waals surface area contributed by atoms with Crippen LogP contribution in [0.5, 0.6) is 0 Å². The number of hydrogen-bond acceptors (Lipinski definition) is 4. The Labute approximate surface area is 95.3 Å². The molecule has 6 heteroatoms. The molecule has 0 atom stereocenters. The number of sulfonamides is 1. The van der Waals surface area contributed by atoms with Gasteiger partial charge in [0.15, 0.2) is 0 Å². The number of rotatable bonds is 3. The fraction of sp³-hybridized carbons (Fsp3) is 0.500. The van der Waals surface area contributed by atoms with E-state index < -0.39 is 10.0 Å². The molecule has 2 N–H and O–H groups in total. The zero-order valence-electron chi connectivity index (χ0n) is 8.89. The van der Waals surface area contributed by atoms with Gasteiger partial charge in [-0.3, -0.25) is 9.71 Å². The fourth-order valence-corrected chi connectivity index (χ4v) is 3.25. The van der Waals surface area contributed by atoms with Gasteiger partial charge in [-0.15, -0.1) is 0 Å². The summed E-state index contributed by atoms with van der Waals surface area (Å²) >= 11 is 0. The standard InChI is InChI=1S/C10H15N3O2S/c14-16(15,10-3-6-11-7-4-10)13-9-2-1-5-12-8-9/h1-2,5,8,10-11,13H,3-4,6-7H2. The molecule has 1 aromatic heterocycles. The molecule has 0 aliphatic carbocycles. The molecule has 1 fully saturated rings. The first-order valence-electron chi connectivity index (χ1n) is 5.31. The molecule has 0 saturated carbocycles. The van der Waals surface area contributed by atoms with Crippen molar-refractivity contribution in [3.05, 3.63) is 24.5 Å². The summed E-state index contributed by atoms with van der Waals surface area (Å²) in [5.74, 6) is 0. The third-order valence-corrected chi connectivity index (χ3v) is 4.52. The van der Waals surface area contributed by atoms with Crippen LogP contribution in [0.2, 0.25) is 0 Å². The maximum absolute atomic E-state index is 12.0. The van der Waals surface area contributed by atoms with Crippen molar-refractivity contribution in [3.8, 4) is 0 Å². The van der Waals surface area contributed by atoms with Crippen LogP contribution in [-0.4, -0.2) is 31.7 Å². The van der Waals surface area contributed by atoms with Gasteiger partial charge >= 0.3 is 0 Å². The maximum atomic E-state index is 12.0. The molecule has 1 saturated heterocycles. The second-order valence-corrected chi connectivity index (χ2v) is 5.80. The van der Waals surface area contributed by atoms with Crippen LogP contribution >= 0.6 is 0 Å². The van der Waals surface area contributed by atoms with Gasteiger partial charge in [-0.25, -0.2) is 8.42 Å². The molecule has 2 heterocycles. The molecular weight excluding hydrogens is 226 g/mol. The largest absolute Gasteiger partial charge is 0.317 e. The third kappa shape index (κ3) is 2.70. The van der Waals surface area contributed by atoms with Gasteiger partial charge in [0.2, 0.25) is 10.0 Å². The lowest BCUT2D eigenvalue weighted by atomic mass is 10.2. The summed E-state index contributed by atoms with van der Waals surface area (Å²) in [5.41, 5.74) is 0.529. The number of nitrogens with zero attached hydrogens (tertiary/aromatic N) is 1. The van der Waals surface area contributed by atoms with E-state index in [1.165, 1.54) is 6.20 Å². The monoisotopic (exact) mass is 241 g/mol. The Kier molecular flexibility index (Phi) is 3.40. The molecule has 88 valence electrons. The lowest BCUT2D eigenvalue weighted by Gasteiger charge is -2.23. The topological polar surface area (TPSA) is 71.1 Å². The van der Waals surface area contributed by atoms with Crippen LogP contribution in [-0.2, 0) is 10.0 Å². The van der Waals surface area contributed by atoms with Crippen LogP contribution < -0.4 is 10.0 Å². The van der Waals surface area contributed by atoms with Gasteiger partial charge in [-0.05, 0) is 38.1 Å². The Morgan fingerprint density at radius 3 is 2.75 bits per heavy atom. The first-order valence-corrected chi connectivity index (χ1v) is 6.85. The highest BCUT2D eigenvalue weighted by molar-refractivity contribution is 7.93. The Morgan fingerprint density at radius 2 is 2.12 bits per heavy atom. The molecule has 0 amide bonds. The number of nitrogens with one attached hydrogen (secondary N) is 2. The molecule has 1 aliphatic rings. The van der Waals surface area contributed by atoms with Crippen LogP contribution in [0.15, 0.2) is 24.5 Å². The van der Waals surface area contributed by atoms with Crippen molar-refractivity contribution in [3.63, 3.8) is 0 Å². The molecule has 0 unspecified atom stereocenters. The van der Waals surface area contributed by atoms with Crippen molar-refractivity contribution in [2.24, 2.45) is 0 Å². The molecule has 0 spiro atoms. The minimum Gasteiger partial charge on any atom is -0.317 e. The van der Waals surface area contributed by atoms with E-state index in [9.17, 15) is 8.42 Å². The van der Waals surface area contributed by atoms with Crippen molar-refractivity contribution in [2.75, 3.05) is 17.8 Å². The van der Waals surface area contributed by atoms with E-state index in [0.717, 1.165) is 13.1 Å². The average molecular weight is 241 g/mol. The van der Waals surface area contributed by atoms with E-state index in [1.807, 2.05) is 0 Å². The molecule has 16 heavy (non-hydrogen) atoms. The van der Waals surface area contributed by atoms with Crippen LogP contribution in [0.3, 0.4) is 0 Å². The lowest BCUT2D eigenvalue weighted by molar-refractivity contribution is 0.499. The zero-order valence-corrected chi connectivity index (χ0v) is 9.70. The predicted molar refractivity (Wildman–Crippen MR) is 62.7 cm³/mol. The highest BCUT2D eigenvalue weighted by Gasteiger charge is 2.26. The minimum atomic E-state index is -3.27. The summed E-state index contributed by atoms with van der Waals surface area (Å²) in [6.07, 6.45) is 4.45. The Bertz CT molecular complexity index is 427. The second kappa shape index (κ2) is 4.80. The van der Waals surface area contributed by atoms with Gasteiger partial charge in [0.25, 0.3) is 0 Å². The van der Waals surface area contributed by atoms with E-state index in [-0.39, 0.29) is 5.25 Å². The van der Waals surface area contributed by atoms with E-state index in [2.05, 4.69) is 15.0 Å². The van der Waals surface area contributed by atoms with Gasteiger partial charge in [0.1, 0.15) is 0 Å². The first-order chi connectivity index (χ1) is 7.68. The third-order valence-electron chi connectivity index (χ3n) is 2.65. The summed E-state index contributed by atoms with van der Waals surface area (Å²) < 4.78 is 26.5. The van der Waals surface area contributed by atoms with Gasteiger partial charge in [-0.1, -0.05) is 0 Å². The lowest BCUT2D eigenvalue weighted by Crippen LogP contribution is -2.38. The summed E-state index contributed by atoms with van der Waals surface area (Å²) in [7, 11) is -3.27. The average Bonchev–Trinajstić information content (AvgIpc) is 2.31. The van der Waals surface area contributed by atoms with Crippen molar-refractivity contribution in [2.45, 2.75) is 18.1 Å². The molecule has 0 radical (unpaired) electrons. The fourth-order valence-electron chi connectivity index (χ4n) is 1.78. The van der Waals surface area contributed by atoms with E-state index in [1.54, 1.807) is 18.3 Å². The quantitative estimate of drug-likeness (QED) is 0.812. The number of hydrogen-bond donors (Lipinski definition) is 2. The van der Waals surface area contributed by atoms with Crippen molar-refractivity contribution < 1.29 is 8.42 Å². The van der Waals surface area contributed by atoms with E-state index in [4.69, 9.17) is 0 Å². The number of pyridine rings is 1. The van der Waals surface area contributed by atoms with Gasteiger partial charge in [0.05, 0.1) is 17.1 Å². The number of piperidine rings is 1. The maximum Gasteiger partial charge on any atom is 0.235 e. The second-order valence-electron chi connectivity index (χ2n) is 3.84. The number of anilines is 1.